The monoisotopic (exact) mass is 258 g/mol. The van der Waals surface area contributed by atoms with Crippen LogP contribution in [0.5, 0.6) is 0 Å². The summed E-state index contributed by atoms with van der Waals surface area (Å²) in [4.78, 5) is 14.6. The Morgan fingerprint density at radius 3 is 2.68 bits per heavy atom. The van der Waals surface area contributed by atoms with E-state index in [0.29, 0.717) is 6.42 Å². The molecule has 1 aliphatic heterocycles. The molecule has 1 fully saturated rings. The molecule has 0 radical (unpaired) electrons. The molecule has 1 heterocycles. The largest absolute Gasteiger partial charge is 0.367 e. The highest BCUT2D eigenvalue weighted by Crippen LogP contribution is 2.43. The lowest BCUT2D eigenvalue weighted by Crippen LogP contribution is -2.49. The molecular formula is C16H22N2O. The number of rotatable bonds is 0. The number of fused-ring (bicyclic) bond motifs is 1. The van der Waals surface area contributed by atoms with Crippen LogP contribution < -0.4 is 10.2 Å². The van der Waals surface area contributed by atoms with Gasteiger partial charge in [-0.05, 0) is 37.5 Å². The third-order valence-electron chi connectivity index (χ3n) is 4.77. The third kappa shape index (κ3) is 2.11. The zero-order valence-electron chi connectivity index (χ0n) is 11.8. The Bertz CT molecular complexity index is 503. The molecule has 102 valence electrons. The van der Waals surface area contributed by atoms with Crippen molar-refractivity contribution in [2.24, 2.45) is 0 Å². The number of aryl methyl sites for hydroxylation is 1. The lowest BCUT2D eigenvalue weighted by atomic mass is 9.78. The van der Waals surface area contributed by atoms with Crippen molar-refractivity contribution < 1.29 is 4.79 Å². The molecule has 1 amide bonds. The summed E-state index contributed by atoms with van der Waals surface area (Å²) in [6, 6.07) is 6.28. The van der Waals surface area contributed by atoms with Gasteiger partial charge < -0.3 is 10.2 Å². The number of nitrogens with zero attached hydrogens (tertiary/aromatic N) is 1. The second-order valence-corrected chi connectivity index (χ2v) is 6.09. The first kappa shape index (κ1) is 12.5. The first-order chi connectivity index (χ1) is 9.11. The van der Waals surface area contributed by atoms with E-state index in [9.17, 15) is 4.79 Å². The van der Waals surface area contributed by atoms with Gasteiger partial charge in [0.1, 0.15) is 0 Å². The van der Waals surface area contributed by atoms with Crippen LogP contribution in [0.1, 0.15) is 44.1 Å². The van der Waals surface area contributed by atoms with Gasteiger partial charge in [0.05, 0.1) is 17.8 Å². The Morgan fingerprint density at radius 1 is 1.21 bits per heavy atom. The van der Waals surface area contributed by atoms with Gasteiger partial charge in [0, 0.05) is 12.6 Å². The molecule has 1 aromatic carbocycles. The molecule has 1 saturated carbocycles. The summed E-state index contributed by atoms with van der Waals surface area (Å²) < 4.78 is 0. The zero-order valence-corrected chi connectivity index (χ0v) is 11.8. The minimum atomic E-state index is 0.0291. The highest BCUT2D eigenvalue weighted by molar-refractivity contribution is 5.97. The molecule has 0 unspecified atom stereocenters. The standard InChI is InChI=1S/C16H22N2O/c1-12-6-7-13-14(10-12)18(2)16(11-15(19)17-13)8-4-3-5-9-16/h6-7,10H,3-5,8-9,11H2,1-2H3,(H,17,19). The third-order valence-corrected chi connectivity index (χ3v) is 4.77. The summed E-state index contributed by atoms with van der Waals surface area (Å²) >= 11 is 0. The van der Waals surface area contributed by atoms with E-state index >= 15 is 0 Å². The van der Waals surface area contributed by atoms with Gasteiger partial charge in [-0.2, -0.15) is 0 Å². The van der Waals surface area contributed by atoms with Crippen LogP contribution in [0.3, 0.4) is 0 Å². The molecule has 2 aliphatic rings. The molecule has 1 N–H and O–H groups in total. The van der Waals surface area contributed by atoms with Gasteiger partial charge in [-0.25, -0.2) is 0 Å². The number of nitrogens with one attached hydrogen (secondary N) is 1. The number of amides is 1. The van der Waals surface area contributed by atoms with Crippen LogP contribution in [0.4, 0.5) is 11.4 Å². The average molecular weight is 258 g/mol. The summed E-state index contributed by atoms with van der Waals surface area (Å²) in [6.45, 7) is 2.11. The molecule has 0 aromatic heterocycles. The van der Waals surface area contributed by atoms with Gasteiger partial charge in [0.15, 0.2) is 0 Å². The van der Waals surface area contributed by atoms with E-state index in [0.717, 1.165) is 18.5 Å². The first-order valence-electron chi connectivity index (χ1n) is 7.25. The van der Waals surface area contributed by atoms with Gasteiger partial charge in [-0.15, -0.1) is 0 Å². The summed E-state index contributed by atoms with van der Waals surface area (Å²) in [7, 11) is 2.16. The number of benzene rings is 1. The van der Waals surface area contributed by atoms with Crippen molar-refractivity contribution in [1.82, 2.24) is 0 Å². The van der Waals surface area contributed by atoms with Crippen molar-refractivity contribution in [3.8, 4) is 0 Å². The lowest BCUT2D eigenvalue weighted by Gasteiger charge is -2.44. The van der Waals surface area contributed by atoms with Crippen molar-refractivity contribution in [2.75, 3.05) is 17.3 Å². The fraction of sp³-hybridized carbons (Fsp3) is 0.562. The van der Waals surface area contributed by atoms with Gasteiger partial charge in [0.2, 0.25) is 5.91 Å². The predicted octanol–water partition coefficient (Wildman–Crippen LogP) is 3.48. The maximum Gasteiger partial charge on any atom is 0.226 e. The van der Waals surface area contributed by atoms with Gasteiger partial charge >= 0.3 is 0 Å². The van der Waals surface area contributed by atoms with Crippen LogP contribution >= 0.6 is 0 Å². The highest BCUT2D eigenvalue weighted by atomic mass is 16.1. The molecule has 1 aliphatic carbocycles. The molecule has 0 saturated heterocycles. The van der Waals surface area contributed by atoms with E-state index in [-0.39, 0.29) is 11.4 Å². The van der Waals surface area contributed by atoms with Gasteiger partial charge in [-0.1, -0.05) is 25.3 Å². The Labute approximate surface area is 115 Å². The van der Waals surface area contributed by atoms with E-state index < -0.39 is 0 Å². The number of carbonyl (C=O) groups is 1. The minimum absolute atomic E-state index is 0.0291. The van der Waals surface area contributed by atoms with E-state index in [1.807, 2.05) is 6.07 Å². The topological polar surface area (TPSA) is 32.3 Å². The number of hydrogen-bond acceptors (Lipinski definition) is 2. The van der Waals surface area contributed by atoms with Crippen LogP contribution in [-0.2, 0) is 4.79 Å². The van der Waals surface area contributed by atoms with E-state index in [1.54, 1.807) is 0 Å². The molecule has 3 heteroatoms. The van der Waals surface area contributed by atoms with Gasteiger partial charge in [-0.3, -0.25) is 4.79 Å². The fourth-order valence-corrected chi connectivity index (χ4v) is 3.61. The number of anilines is 2. The number of carbonyl (C=O) groups excluding carboxylic acids is 1. The molecule has 1 aromatic rings. The van der Waals surface area contributed by atoms with E-state index in [1.165, 1.54) is 30.5 Å². The summed E-state index contributed by atoms with van der Waals surface area (Å²) in [5.74, 6) is 0.163. The maximum atomic E-state index is 12.2. The van der Waals surface area contributed by atoms with Crippen LogP contribution in [0.15, 0.2) is 18.2 Å². The SMILES string of the molecule is Cc1ccc2c(c1)N(C)C1(CCCCC1)CC(=O)N2. The minimum Gasteiger partial charge on any atom is -0.367 e. The van der Waals surface area contributed by atoms with E-state index in [4.69, 9.17) is 0 Å². The summed E-state index contributed by atoms with van der Waals surface area (Å²) in [6.07, 6.45) is 6.65. The smallest absolute Gasteiger partial charge is 0.226 e. The molecule has 1 spiro atoms. The zero-order chi connectivity index (χ0) is 13.5. The Morgan fingerprint density at radius 2 is 1.95 bits per heavy atom. The molecule has 0 atom stereocenters. The van der Waals surface area contributed by atoms with Crippen molar-refractivity contribution >= 4 is 17.3 Å². The van der Waals surface area contributed by atoms with Crippen LogP contribution in [-0.4, -0.2) is 18.5 Å². The van der Waals surface area contributed by atoms with Crippen molar-refractivity contribution in [2.45, 2.75) is 51.0 Å². The quantitative estimate of drug-likeness (QED) is 0.772. The highest BCUT2D eigenvalue weighted by Gasteiger charge is 2.40. The molecule has 3 rings (SSSR count). The van der Waals surface area contributed by atoms with Crippen LogP contribution in [0.2, 0.25) is 0 Å². The van der Waals surface area contributed by atoms with Crippen molar-refractivity contribution in [1.29, 1.82) is 0 Å². The van der Waals surface area contributed by atoms with Crippen molar-refractivity contribution in [3.05, 3.63) is 23.8 Å². The second-order valence-electron chi connectivity index (χ2n) is 6.09. The Kier molecular flexibility index (Phi) is 3.00. The van der Waals surface area contributed by atoms with Crippen molar-refractivity contribution in [3.63, 3.8) is 0 Å². The second kappa shape index (κ2) is 4.55. The lowest BCUT2D eigenvalue weighted by molar-refractivity contribution is -0.117. The van der Waals surface area contributed by atoms with Gasteiger partial charge in [0.25, 0.3) is 0 Å². The molecule has 3 nitrogen and oxygen atoms in total. The summed E-state index contributed by atoms with van der Waals surface area (Å²) in [5.41, 5.74) is 3.41. The number of hydrogen-bond donors (Lipinski definition) is 1. The van der Waals surface area contributed by atoms with E-state index in [2.05, 4.69) is 36.3 Å². The summed E-state index contributed by atoms with van der Waals surface area (Å²) in [5, 5.41) is 3.07. The molecule has 0 bridgehead atoms. The van der Waals surface area contributed by atoms with Crippen LogP contribution in [0.25, 0.3) is 0 Å². The first-order valence-corrected chi connectivity index (χ1v) is 7.25. The molecule has 19 heavy (non-hydrogen) atoms. The van der Waals surface area contributed by atoms with Crippen LogP contribution in [0, 0.1) is 6.92 Å². The molecular weight excluding hydrogens is 236 g/mol. The normalized spacial score (nSPS) is 21.8. The average Bonchev–Trinajstić information content (AvgIpc) is 2.49. The maximum absolute atomic E-state index is 12.2. The fourth-order valence-electron chi connectivity index (χ4n) is 3.61. The predicted molar refractivity (Wildman–Crippen MR) is 78.6 cm³/mol. The Hall–Kier alpha value is -1.51. The Balaban J connectivity index is 2.07.